The van der Waals surface area contributed by atoms with Gasteiger partial charge in [-0.15, -0.1) is 27.8 Å². The zero-order valence-electron chi connectivity index (χ0n) is 14.0. The molecule has 0 radical (unpaired) electrons. The molecule has 1 atom stereocenters. The summed E-state index contributed by atoms with van der Waals surface area (Å²) in [7, 11) is 0. The highest BCUT2D eigenvalue weighted by molar-refractivity contribution is 7.12. The number of aromatic amines is 1. The molecule has 3 N–H and O–H groups in total. The number of nitrogens with two attached hydrogens (primary N) is 1. The molecule has 0 aliphatic carbocycles. The minimum Gasteiger partial charge on any atom is -0.420 e. The number of nitrogens with one attached hydrogen (secondary N) is 1. The van der Waals surface area contributed by atoms with Crippen LogP contribution in [0.1, 0.15) is 31.0 Å². The lowest BCUT2D eigenvalue weighted by Crippen LogP contribution is -2.20. The molecule has 126 valence electrons. The third kappa shape index (κ3) is 2.46. The zero-order chi connectivity index (χ0) is 17.7. The van der Waals surface area contributed by atoms with E-state index < -0.39 is 0 Å². The zero-order valence-corrected chi connectivity index (χ0v) is 15.6. The highest BCUT2D eigenvalue weighted by Gasteiger charge is 2.36. The fourth-order valence-electron chi connectivity index (χ4n) is 3.22. The van der Waals surface area contributed by atoms with Gasteiger partial charge in [-0.05, 0) is 39.0 Å². The van der Waals surface area contributed by atoms with Crippen LogP contribution in [0.2, 0.25) is 0 Å². The Bertz CT molecular complexity index is 1050. The predicted molar refractivity (Wildman–Crippen MR) is 99.7 cm³/mol. The van der Waals surface area contributed by atoms with Crippen molar-refractivity contribution in [3.63, 3.8) is 0 Å². The topological polar surface area (TPSA) is 87.7 Å². The van der Waals surface area contributed by atoms with Gasteiger partial charge in [-0.3, -0.25) is 5.10 Å². The van der Waals surface area contributed by atoms with Crippen molar-refractivity contribution in [1.82, 2.24) is 10.2 Å². The third-order valence-corrected chi connectivity index (χ3v) is 6.33. The first-order valence-electron chi connectivity index (χ1n) is 7.79. The number of aromatic nitrogens is 2. The van der Waals surface area contributed by atoms with E-state index in [1.807, 2.05) is 6.07 Å². The maximum Gasteiger partial charge on any atom is 0.244 e. The Morgan fingerprint density at radius 3 is 2.64 bits per heavy atom. The van der Waals surface area contributed by atoms with Gasteiger partial charge < -0.3 is 10.5 Å². The van der Waals surface area contributed by atoms with Crippen molar-refractivity contribution in [2.24, 2.45) is 5.73 Å². The molecule has 1 aliphatic rings. The molecule has 5 nitrogen and oxygen atoms in total. The van der Waals surface area contributed by atoms with E-state index in [0.717, 1.165) is 21.7 Å². The van der Waals surface area contributed by atoms with Crippen molar-refractivity contribution >= 4 is 22.7 Å². The molecule has 0 saturated heterocycles. The van der Waals surface area contributed by atoms with E-state index in [9.17, 15) is 5.26 Å². The first-order valence-corrected chi connectivity index (χ1v) is 9.42. The number of nitriles is 1. The molecule has 0 unspecified atom stereocenters. The second-order valence-corrected chi connectivity index (χ2v) is 8.80. The highest BCUT2D eigenvalue weighted by Crippen LogP contribution is 2.48. The van der Waals surface area contributed by atoms with Crippen molar-refractivity contribution in [3.8, 4) is 23.2 Å². The van der Waals surface area contributed by atoms with Crippen LogP contribution in [-0.2, 0) is 0 Å². The summed E-state index contributed by atoms with van der Waals surface area (Å²) in [6, 6.07) is 8.48. The van der Waals surface area contributed by atoms with Gasteiger partial charge in [0, 0.05) is 25.1 Å². The molecule has 0 fully saturated rings. The number of hydrogen-bond acceptors (Lipinski definition) is 6. The van der Waals surface area contributed by atoms with E-state index >= 15 is 0 Å². The molecule has 0 bridgehead atoms. The van der Waals surface area contributed by atoms with Crippen molar-refractivity contribution in [3.05, 3.63) is 54.7 Å². The summed E-state index contributed by atoms with van der Waals surface area (Å²) < 4.78 is 5.64. The predicted octanol–water partition coefficient (Wildman–Crippen LogP) is 4.34. The smallest absolute Gasteiger partial charge is 0.244 e. The number of allylic oxidation sites excluding steroid dienone is 1. The van der Waals surface area contributed by atoms with Crippen molar-refractivity contribution in [2.75, 3.05) is 0 Å². The Balaban J connectivity index is 1.97. The number of nitrogens with zero attached hydrogens (tertiary/aromatic N) is 2. The van der Waals surface area contributed by atoms with Crippen LogP contribution < -0.4 is 10.5 Å². The lowest BCUT2D eigenvalue weighted by molar-refractivity contribution is 0.379. The summed E-state index contributed by atoms with van der Waals surface area (Å²) in [4.78, 5) is 4.68. The van der Waals surface area contributed by atoms with E-state index in [-0.39, 0.29) is 11.8 Å². The molecular weight excluding hydrogens is 352 g/mol. The number of rotatable bonds is 2. The summed E-state index contributed by atoms with van der Waals surface area (Å²) in [5.74, 6) is 0.314. The average molecular weight is 368 g/mol. The fraction of sp³-hybridized carbons (Fsp3) is 0.222. The highest BCUT2D eigenvalue weighted by atomic mass is 32.1. The number of H-pyrrole nitrogens is 1. The lowest BCUT2D eigenvalue weighted by atomic mass is 9.87. The van der Waals surface area contributed by atoms with Gasteiger partial charge in [0.2, 0.25) is 11.8 Å². The monoisotopic (exact) mass is 368 g/mol. The Labute approximate surface area is 153 Å². The number of fused-ring (bicyclic) bond motifs is 1. The summed E-state index contributed by atoms with van der Waals surface area (Å²) in [5, 5.41) is 17.1. The maximum atomic E-state index is 9.69. The quantitative estimate of drug-likeness (QED) is 0.704. The number of ether oxygens (including phenoxy) is 1. The van der Waals surface area contributed by atoms with E-state index in [2.05, 4.69) is 49.2 Å². The third-order valence-electron chi connectivity index (χ3n) is 4.29. The van der Waals surface area contributed by atoms with E-state index in [1.54, 1.807) is 22.7 Å². The summed E-state index contributed by atoms with van der Waals surface area (Å²) in [6.45, 7) is 6.22. The van der Waals surface area contributed by atoms with E-state index in [0.29, 0.717) is 11.5 Å². The molecule has 0 amide bonds. The number of thiophene rings is 2. The van der Waals surface area contributed by atoms with Gasteiger partial charge >= 0.3 is 0 Å². The maximum absolute atomic E-state index is 9.69. The molecule has 3 aromatic heterocycles. The standard InChI is InChI=1S/C18H16N4OS2/c1-8-4-5-13(25-8)14-12(7-19)17(20)23-18-15(14)16(21-22-18)11-6-9(2)24-10(11)3/h4-6,14H,20H2,1-3H3,(H,21,22)/t14-/m1/s1. The van der Waals surface area contributed by atoms with Crippen LogP contribution in [0.4, 0.5) is 0 Å². The molecule has 4 rings (SSSR count). The summed E-state index contributed by atoms with van der Waals surface area (Å²) in [5.41, 5.74) is 9.31. The van der Waals surface area contributed by atoms with Gasteiger partial charge in [0.1, 0.15) is 11.6 Å². The van der Waals surface area contributed by atoms with Crippen molar-refractivity contribution < 1.29 is 4.74 Å². The van der Waals surface area contributed by atoms with Gasteiger partial charge in [0.05, 0.1) is 17.2 Å². The molecule has 3 aromatic rings. The van der Waals surface area contributed by atoms with Gasteiger partial charge in [-0.2, -0.15) is 5.26 Å². The van der Waals surface area contributed by atoms with Gasteiger partial charge in [-0.1, -0.05) is 0 Å². The van der Waals surface area contributed by atoms with Crippen LogP contribution in [0.5, 0.6) is 5.88 Å². The molecule has 0 aromatic carbocycles. The Morgan fingerprint density at radius 2 is 2.04 bits per heavy atom. The minimum absolute atomic E-state index is 0.127. The van der Waals surface area contributed by atoms with Crippen LogP contribution in [-0.4, -0.2) is 10.2 Å². The lowest BCUT2D eigenvalue weighted by Gasteiger charge is -2.22. The molecular formula is C18H16N4OS2. The molecule has 0 saturated carbocycles. The average Bonchev–Trinajstić information content (AvgIpc) is 3.24. The second-order valence-electron chi connectivity index (χ2n) is 6.02. The second kappa shape index (κ2) is 5.76. The number of aryl methyl sites for hydroxylation is 3. The van der Waals surface area contributed by atoms with Crippen molar-refractivity contribution in [2.45, 2.75) is 26.7 Å². The molecule has 0 spiro atoms. The van der Waals surface area contributed by atoms with Crippen LogP contribution in [0.25, 0.3) is 11.3 Å². The first-order chi connectivity index (χ1) is 12.0. The minimum atomic E-state index is -0.263. The van der Waals surface area contributed by atoms with Crippen LogP contribution in [0.15, 0.2) is 29.7 Å². The fourth-order valence-corrected chi connectivity index (χ4v) is 5.15. The first kappa shape index (κ1) is 15.9. The van der Waals surface area contributed by atoms with Crippen LogP contribution >= 0.6 is 22.7 Å². The summed E-state index contributed by atoms with van der Waals surface area (Å²) in [6.07, 6.45) is 0. The normalized spacial score (nSPS) is 16.5. The Morgan fingerprint density at radius 1 is 1.24 bits per heavy atom. The molecule has 1 aliphatic heterocycles. The van der Waals surface area contributed by atoms with Crippen molar-refractivity contribution in [1.29, 1.82) is 5.26 Å². The van der Waals surface area contributed by atoms with E-state index in [4.69, 9.17) is 10.5 Å². The SMILES string of the molecule is Cc1ccc([C@H]2C(C#N)=C(N)Oc3n[nH]c(-c4cc(C)sc4C)c32)s1. The van der Waals surface area contributed by atoms with Crippen LogP contribution in [0, 0.1) is 32.1 Å². The molecule has 7 heteroatoms. The summed E-state index contributed by atoms with van der Waals surface area (Å²) >= 11 is 3.40. The van der Waals surface area contributed by atoms with Gasteiger partial charge in [0.15, 0.2) is 0 Å². The Hall–Kier alpha value is -2.56. The number of hydrogen-bond donors (Lipinski definition) is 2. The van der Waals surface area contributed by atoms with Gasteiger partial charge in [-0.25, -0.2) is 0 Å². The van der Waals surface area contributed by atoms with Gasteiger partial charge in [0.25, 0.3) is 0 Å². The largest absolute Gasteiger partial charge is 0.420 e. The van der Waals surface area contributed by atoms with E-state index in [1.165, 1.54) is 14.6 Å². The van der Waals surface area contributed by atoms with Crippen LogP contribution in [0.3, 0.4) is 0 Å². The molecule has 25 heavy (non-hydrogen) atoms. The molecule has 4 heterocycles. The Kier molecular flexibility index (Phi) is 3.67.